The van der Waals surface area contributed by atoms with Crippen molar-refractivity contribution in [2.75, 3.05) is 26.3 Å². The number of ether oxygens (including phenoxy) is 2. The van der Waals surface area contributed by atoms with E-state index < -0.39 is 0 Å². The van der Waals surface area contributed by atoms with Gasteiger partial charge in [0.15, 0.2) is 6.29 Å². The zero-order valence-electron chi connectivity index (χ0n) is 22.7. The molecular formula is C31H41N3O5. The normalized spacial score (nSPS) is 22.1. The van der Waals surface area contributed by atoms with Crippen molar-refractivity contribution in [3.8, 4) is 5.75 Å². The molecule has 2 amide bonds. The van der Waals surface area contributed by atoms with Crippen LogP contribution in [0.1, 0.15) is 64.2 Å². The van der Waals surface area contributed by atoms with Gasteiger partial charge < -0.3 is 14.8 Å². The second-order valence-electron chi connectivity index (χ2n) is 10.9. The Morgan fingerprint density at radius 1 is 1.03 bits per heavy atom. The van der Waals surface area contributed by atoms with Gasteiger partial charge in [0.1, 0.15) is 12.4 Å². The van der Waals surface area contributed by atoms with Crippen molar-refractivity contribution in [2.45, 2.75) is 82.6 Å². The Hall–Kier alpha value is -2.94. The Labute approximate surface area is 231 Å². The monoisotopic (exact) mass is 535 g/mol. The summed E-state index contributed by atoms with van der Waals surface area (Å²) in [4.78, 5) is 33.3. The molecule has 39 heavy (non-hydrogen) atoms. The van der Waals surface area contributed by atoms with Crippen molar-refractivity contribution in [2.24, 2.45) is 0 Å². The summed E-state index contributed by atoms with van der Waals surface area (Å²) >= 11 is 0. The first kappa shape index (κ1) is 27.6. The lowest BCUT2D eigenvalue weighted by atomic mass is 10.1. The average molecular weight is 536 g/mol. The number of benzene rings is 2. The Morgan fingerprint density at radius 3 is 2.74 bits per heavy atom. The van der Waals surface area contributed by atoms with Crippen LogP contribution in [0.2, 0.25) is 0 Å². The molecule has 1 saturated carbocycles. The summed E-state index contributed by atoms with van der Waals surface area (Å²) in [6.07, 6.45) is 10.6. The summed E-state index contributed by atoms with van der Waals surface area (Å²) in [7, 11) is 0. The Balaban J connectivity index is 1.12. The first-order valence-corrected chi connectivity index (χ1v) is 14.6. The number of nitrogens with zero attached hydrogens (tertiary/aromatic N) is 1. The van der Waals surface area contributed by atoms with Gasteiger partial charge >= 0.3 is 0 Å². The van der Waals surface area contributed by atoms with E-state index in [4.69, 9.17) is 14.3 Å². The van der Waals surface area contributed by atoms with Crippen molar-refractivity contribution in [3.63, 3.8) is 0 Å². The van der Waals surface area contributed by atoms with Gasteiger partial charge in [0, 0.05) is 50.0 Å². The second kappa shape index (κ2) is 13.9. The van der Waals surface area contributed by atoms with Crippen LogP contribution in [0.25, 0.3) is 10.8 Å². The van der Waals surface area contributed by atoms with E-state index in [0.29, 0.717) is 31.4 Å². The summed E-state index contributed by atoms with van der Waals surface area (Å²) in [5.41, 5.74) is 3.15. The number of hydrogen-bond donors (Lipinski definition) is 2. The van der Waals surface area contributed by atoms with Crippen molar-refractivity contribution in [3.05, 3.63) is 54.1 Å². The predicted octanol–water partition coefficient (Wildman–Crippen LogP) is 4.63. The van der Waals surface area contributed by atoms with Gasteiger partial charge in [0.25, 0.3) is 5.91 Å². The quantitative estimate of drug-likeness (QED) is 0.221. The number of carbonyl (C=O) groups excluding carboxylic acids is 2. The minimum Gasteiger partial charge on any atom is -0.488 e. The molecule has 2 aromatic carbocycles. The van der Waals surface area contributed by atoms with Gasteiger partial charge in [0.2, 0.25) is 5.91 Å². The highest BCUT2D eigenvalue weighted by atomic mass is 16.8. The lowest BCUT2D eigenvalue weighted by molar-refractivity contribution is -0.200. The molecule has 0 bridgehead atoms. The molecule has 8 nitrogen and oxygen atoms in total. The van der Waals surface area contributed by atoms with Crippen LogP contribution in [0.5, 0.6) is 5.75 Å². The fourth-order valence-corrected chi connectivity index (χ4v) is 5.34. The van der Waals surface area contributed by atoms with E-state index in [2.05, 4.69) is 27.8 Å². The summed E-state index contributed by atoms with van der Waals surface area (Å²) in [5.74, 6) is 0.564. The topological polar surface area (TPSA) is 89.1 Å². The third kappa shape index (κ3) is 8.27. The van der Waals surface area contributed by atoms with Crippen molar-refractivity contribution in [1.82, 2.24) is 15.7 Å². The number of amides is 2. The molecule has 2 atom stereocenters. The molecule has 2 unspecified atom stereocenters. The van der Waals surface area contributed by atoms with Crippen LogP contribution in [0.4, 0.5) is 0 Å². The molecule has 3 aliphatic rings. The standard InChI is InChI=1S/C31H41N3O5/c35-29(33-39-30-15-6-7-20-37-30)14-3-1-2-10-24(31(36)32-25-18-19-34(21-25)26-16-17-26)22-38-28-13-8-11-23-9-4-5-12-27(23)28/h4-5,8-13,25-26,30H,1-3,6-7,14-22H2,(H,32,36)(H,33,35)/b24-10+. The van der Waals surface area contributed by atoms with E-state index in [-0.39, 0.29) is 30.8 Å². The van der Waals surface area contributed by atoms with Crippen LogP contribution < -0.4 is 15.5 Å². The van der Waals surface area contributed by atoms with Crippen LogP contribution >= 0.6 is 0 Å². The molecule has 5 rings (SSSR count). The number of hydroxylamine groups is 1. The zero-order valence-corrected chi connectivity index (χ0v) is 22.7. The second-order valence-corrected chi connectivity index (χ2v) is 10.9. The molecule has 2 aromatic rings. The Morgan fingerprint density at radius 2 is 1.90 bits per heavy atom. The summed E-state index contributed by atoms with van der Waals surface area (Å²) in [5, 5.41) is 5.39. The van der Waals surface area contributed by atoms with Gasteiger partial charge in [-0.15, -0.1) is 0 Å². The van der Waals surface area contributed by atoms with E-state index >= 15 is 0 Å². The first-order valence-electron chi connectivity index (χ1n) is 14.6. The van der Waals surface area contributed by atoms with Crippen LogP contribution in [0.15, 0.2) is 54.1 Å². The molecule has 1 aliphatic carbocycles. The number of unbranched alkanes of at least 4 members (excludes halogenated alkanes) is 2. The Kier molecular flexibility index (Phi) is 9.86. The van der Waals surface area contributed by atoms with E-state index in [1.54, 1.807) is 0 Å². The number of nitrogens with one attached hydrogen (secondary N) is 2. The third-order valence-corrected chi connectivity index (χ3v) is 7.73. The third-order valence-electron chi connectivity index (χ3n) is 7.73. The highest BCUT2D eigenvalue weighted by Gasteiger charge is 2.35. The summed E-state index contributed by atoms with van der Waals surface area (Å²) in [6.45, 7) is 2.86. The van der Waals surface area contributed by atoms with Gasteiger partial charge in [-0.3, -0.25) is 14.5 Å². The number of rotatable bonds is 13. The fourth-order valence-electron chi connectivity index (χ4n) is 5.34. The highest BCUT2D eigenvalue weighted by Crippen LogP contribution is 2.30. The van der Waals surface area contributed by atoms with E-state index in [1.165, 1.54) is 12.8 Å². The fraction of sp³-hybridized carbons (Fsp3) is 0.548. The molecular weight excluding hydrogens is 494 g/mol. The molecule has 2 aliphatic heterocycles. The minimum absolute atomic E-state index is 0.0588. The smallest absolute Gasteiger partial charge is 0.250 e. The number of fused-ring (bicyclic) bond motifs is 1. The molecule has 2 saturated heterocycles. The highest BCUT2D eigenvalue weighted by molar-refractivity contribution is 5.94. The van der Waals surface area contributed by atoms with E-state index in [0.717, 1.165) is 67.8 Å². The number of hydrogen-bond acceptors (Lipinski definition) is 6. The van der Waals surface area contributed by atoms with Crippen LogP contribution in [0.3, 0.4) is 0 Å². The maximum atomic E-state index is 13.3. The molecule has 210 valence electrons. The van der Waals surface area contributed by atoms with Crippen molar-refractivity contribution < 1.29 is 23.9 Å². The number of allylic oxidation sites excluding steroid dienone is 1. The minimum atomic E-state index is -0.343. The molecule has 0 spiro atoms. The first-order chi connectivity index (χ1) is 19.2. The lowest BCUT2D eigenvalue weighted by Gasteiger charge is -2.22. The summed E-state index contributed by atoms with van der Waals surface area (Å²) < 4.78 is 11.7. The largest absolute Gasteiger partial charge is 0.488 e. The van der Waals surface area contributed by atoms with Crippen LogP contribution in [-0.4, -0.2) is 61.4 Å². The lowest BCUT2D eigenvalue weighted by Crippen LogP contribution is -2.39. The zero-order chi connectivity index (χ0) is 26.9. The van der Waals surface area contributed by atoms with Crippen molar-refractivity contribution >= 4 is 22.6 Å². The Bertz CT molecular complexity index is 1140. The van der Waals surface area contributed by atoms with Gasteiger partial charge in [-0.2, -0.15) is 0 Å². The van der Waals surface area contributed by atoms with Gasteiger partial charge in [-0.1, -0.05) is 42.5 Å². The molecule has 0 aromatic heterocycles. The van der Waals surface area contributed by atoms with Crippen LogP contribution in [-0.2, 0) is 19.2 Å². The summed E-state index contributed by atoms with van der Waals surface area (Å²) in [6, 6.07) is 15.0. The van der Waals surface area contributed by atoms with Crippen LogP contribution in [0, 0.1) is 0 Å². The molecule has 8 heteroatoms. The van der Waals surface area contributed by atoms with Crippen molar-refractivity contribution in [1.29, 1.82) is 0 Å². The molecule has 2 N–H and O–H groups in total. The molecule has 2 heterocycles. The van der Waals surface area contributed by atoms with E-state index in [9.17, 15) is 9.59 Å². The average Bonchev–Trinajstić information content (AvgIpc) is 3.72. The number of likely N-dealkylation sites (tertiary alicyclic amines) is 1. The molecule has 3 fully saturated rings. The molecule has 0 radical (unpaired) electrons. The SMILES string of the molecule is O=C(CCCC/C=C(\COc1cccc2ccccc12)C(=O)NC1CCN(C2CC2)C1)NOC1CCCCO1. The van der Waals surface area contributed by atoms with Gasteiger partial charge in [0.05, 0.1) is 5.57 Å². The number of carbonyl (C=O) groups is 2. The van der Waals surface area contributed by atoms with Gasteiger partial charge in [-0.25, -0.2) is 10.3 Å². The van der Waals surface area contributed by atoms with E-state index in [1.807, 2.05) is 36.4 Å². The maximum Gasteiger partial charge on any atom is 0.250 e. The predicted molar refractivity (Wildman–Crippen MR) is 150 cm³/mol. The maximum absolute atomic E-state index is 13.3. The van der Waals surface area contributed by atoms with Gasteiger partial charge in [-0.05, 0) is 62.8 Å².